The van der Waals surface area contributed by atoms with Crippen molar-refractivity contribution in [2.24, 2.45) is 11.8 Å². The van der Waals surface area contributed by atoms with E-state index in [1.165, 1.54) is 18.5 Å². The normalized spacial score (nSPS) is 26.0. The number of hydrogen-bond acceptors (Lipinski definition) is 3. The predicted molar refractivity (Wildman–Crippen MR) is 101 cm³/mol. The lowest BCUT2D eigenvalue weighted by atomic mass is 9.98. The van der Waals surface area contributed by atoms with Crippen LogP contribution in [0.5, 0.6) is 0 Å². The second-order valence-corrected chi connectivity index (χ2v) is 7.96. The maximum absolute atomic E-state index is 12.5. The van der Waals surface area contributed by atoms with Gasteiger partial charge in [0.25, 0.3) is 0 Å². The molecule has 5 nitrogen and oxygen atoms in total. The van der Waals surface area contributed by atoms with Crippen molar-refractivity contribution in [3.05, 3.63) is 35.9 Å². The Labute approximate surface area is 152 Å². The number of benzene rings is 1. The van der Waals surface area contributed by atoms with E-state index < -0.39 is 0 Å². The van der Waals surface area contributed by atoms with Crippen LogP contribution >= 0.6 is 0 Å². The van der Waals surface area contributed by atoms with Gasteiger partial charge in [-0.15, -0.1) is 0 Å². The number of fused-ring (bicyclic) bond motifs is 1. The van der Waals surface area contributed by atoms with Crippen LogP contribution < -0.4 is 5.32 Å². The highest BCUT2D eigenvalue weighted by Crippen LogP contribution is 2.38. The van der Waals surface area contributed by atoms with Gasteiger partial charge in [0.05, 0.1) is 0 Å². The van der Waals surface area contributed by atoms with Gasteiger partial charge in [0.15, 0.2) is 0 Å². The Bertz CT molecular complexity index is 562. The summed E-state index contributed by atoms with van der Waals surface area (Å²) in [6, 6.07) is 11.1. The molecule has 1 saturated heterocycles. The standard InChI is InChI=1S/C20H32N4O/c1-22(2)11-12-23(3)20(25)21-19-10-9-17-14-24(15-18(17)19)13-16-7-5-4-6-8-16/h4-8,17-19H,9-15H2,1-3H3,(H,21,25). The molecule has 25 heavy (non-hydrogen) atoms. The lowest BCUT2D eigenvalue weighted by molar-refractivity contribution is 0.195. The van der Waals surface area contributed by atoms with Crippen molar-refractivity contribution in [2.45, 2.75) is 25.4 Å². The molecule has 5 heteroatoms. The van der Waals surface area contributed by atoms with E-state index in [2.05, 4.69) is 45.4 Å². The third-order valence-electron chi connectivity index (χ3n) is 5.72. The highest BCUT2D eigenvalue weighted by atomic mass is 16.2. The van der Waals surface area contributed by atoms with Crippen LogP contribution in [0.1, 0.15) is 18.4 Å². The van der Waals surface area contributed by atoms with Crippen molar-refractivity contribution >= 4 is 6.03 Å². The summed E-state index contributed by atoms with van der Waals surface area (Å²) in [6.07, 6.45) is 2.37. The SMILES string of the molecule is CN(C)CCN(C)C(=O)NC1CCC2CN(Cc3ccccc3)CC21. The van der Waals surface area contributed by atoms with Gasteiger partial charge >= 0.3 is 6.03 Å². The Morgan fingerprint density at radius 3 is 2.60 bits per heavy atom. The molecule has 3 unspecified atom stereocenters. The zero-order valence-corrected chi connectivity index (χ0v) is 15.8. The first-order valence-electron chi connectivity index (χ1n) is 9.45. The lowest BCUT2D eigenvalue weighted by Crippen LogP contribution is -2.47. The van der Waals surface area contributed by atoms with Crippen LogP contribution in [0, 0.1) is 11.8 Å². The summed E-state index contributed by atoms with van der Waals surface area (Å²) in [5.41, 5.74) is 1.38. The smallest absolute Gasteiger partial charge is 0.317 e. The molecule has 1 aromatic rings. The summed E-state index contributed by atoms with van der Waals surface area (Å²) in [7, 11) is 5.96. The maximum Gasteiger partial charge on any atom is 0.317 e. The largest absolute Gasteiger partial charge is 0.335 e. The summed E-state index contributed by atoms with van der Waals surface area (Å²) < 4.78 is 0. The van der Waals surface area contributed by atoms with E-state index in [1.807, 2.05) is 26.0 Å². The molecule has 2 fully saturated rings. The Balaban J connectivity index is 1.49. The van der Waals surface area contributed by atoms with E-state index >= 15 is 0 Å². The molecule has 138 valence electrons. The van der Waals surface area contributed by atoms with Gasteiger partial charge in [-0.1, -0.05) is 30.3 Å². The topological polar surface area (TPSA) is 38.8 Å². The number of carbonyl (C=O) groups excluding carboxylic acids is 1. The fourth-order valence-electron chi connectivity index (χ4n) is 4.23. The molecular weight excluding hydrogens is 312 g/mol. The number of urea groups is 1. The number of likely N-dealkylation sites (tertiary alicyclic amines) is 1. The fourth-order valence-corrected chi connectivity index (χ4v) is 4.23. The third kappa shape index (κ3) is 4.73. The third-order valence-corrected chi connectivity index (χ3v) is 5.72. The van der Waals surface area contributed by atoms with Crippen LogP contribution in [0.25, 0.3) is 0 Å². The monoisotopic (exact) mass is 344 g/mol. The number of hydrogen-bond donors (Lipinski definition) is 1. The molecule has 3 atom stereocenters. The van der Waals surface area contributed by atoms with E-state index in [1.54, 1.807) is 0 Å². The number of rotatable bonds is 6. The van der Waals surface area contributed by atoms with Gasteiger partial charge in [-0.2, -0.15) is 0 Å². The summed E-state index contributed by atoms with van der Waals surface area (Å²) in [4.78, 5) is 18.9. The Hall–Kier alpha value is -1.59. The van der Waals surface area contributed by atoms with Gasteiger partial charge in [-0.25, -0.2) is 4.79 Å². The first-order chi connectivity index (χ1) is 12.0. The zero-order valence-electron chi connectivity index (χ0n) is 15.8. The minimum absolute atomic E-state index is 0.0778. The van der Waals surface area contributed by atoms with Crippen LogP contribution in [0.3, 0.4) is 0 Å². The first kappa shape index (κ1) is 18.2. The van der Waals surface area contributed by atoms with Crippen molar-refractivity contribution in [1.82, 2.24) is 20.0 Å². The number of nitrogens with zero attached hydrogens (tertiary/aromatic N) is 3. The molecule has 0 radical (unpaired) electrons. The summed E-state index contributed by atoms with van der Waals surface area (Å²) >= 11 is 0. The average molecular weight is 345 g/mol. The molecule has 1 N–H and O–H groups in total. The average Bonchev–Trinajstić information content (AvgIpc) is 3.14. The Morgan fingerprint density at radius 2 is 1.88 bits per heavy atom. The maximum atomic E-state index is 12.5. The van der Waals surface area contributed by atoms with Crippen LogP contribution in [-0.4, -0.2) is 74.1 Å². The molecule has 2 amide bonds. The fraction of sp³-hybridized carbons (Fsp3) is 0.650. The summed E-state index contributed by atoms with van der Waals surface area (Å²) in [5.74, 6) is 1.34. The van der Waals surface area contributed by atoms with E-state index in [0.717, 1.165) is 38.5 Å². The van der Waals surface area contributed by atoms with Crippen LogP contribution in [-0.2, 0) is 6.54 Å². The van der Waals surface area contributed by atoms with Crippen LogP contribution in [0.4, 0.5) is 4.79 Å². The van der Waals surface area contributed by atoms with Crippen molar-refractivity contribution in [3.63, 3.8) is 0 Å². The Kier molecular flexibility index (Phi) is 5.97. The molecule has 1 aliphatic carbocycles. The van der Waals surface area contributed by atoms with Gasteiger partial charge in [0.2, 0.25) is 0 Å². The first-order valence-corrected chi connectivity index (χ1v) is 9.45. The minimum Gasteiger partial charge on any atom is -0.335 e. The van der Waals surface area contributed by atoms with Crippen molar-refractivity contribution < 1.29 is 4.79 Å². The van der Waals surface area contributed by atoms with E-state index in [0.29, 0.717) is 12.0 Å². The molecule has 0 bridgehead atoms. The molecule has 1 aromatic carbocycles. The molecule has 0 aromatic heterocycles. The van der Waals surface area contributed by atoms with E-state index in [9.17, 15) is 4.79 Å². The minimum atomic E-state index is 0.0778. The van der Waals surface area contributed by atoms with Gasteiger partial charge in [-0.3, -0.25) is 4.90 Å². The Morgan fingerprint density at radius 1 is 1.12 bits per heavy atom. The highest BCUT2D eigenvalue weighted by molar-refractivity contribution is 5.74. The quantitative estimate of drug-likeness (QED) is 0.859. The predicted octanol–water partition coefficient (Wildman–Crippen LogP) is 2.10. The van der Waals surface area contributed by atoms with Gasteiger partial charge in [0, 0.05) is 45.8 Å². The molecule has 3 rings (SSSR count). The summed E-state index contributed by atoms with van der Waals surface area (Å²) in [5, 5.41) is 3.30. The van der Waals surface area contributed by atoms with Gasteiger partial charge in [0.1, 0.15) is 0 Å². The molecule has 2 aliphatic rings. The highest BCUT2D eigenvalue weighted by Gasteiger charge is 2.43. The number of likely N-dealkylation sites (N-methyl/N-ethyl adjacent to an activating group) is 2. The molecule has 1 saturated carbocycles. The molecule has 1 aliphatic heterocycles. The van der Waals surface area contributed by atoms with Crippen molar-refractivity contribution in [1.29, 1.82) is 0 Å². The van der Waals surface area contributed by atoms with Crippen molar-refractivity contribution in [2.75, 3.05) is 47.3 Å². The molecular formula is C20H32N4O. The number of nitrogens with one attached hydrogen (secondary N) is 1. The molecule has 1 heterocycles. The van der Waals surface area contributed by atoms with Gasteiger partial charge < -0.3 is 15.1 Å². The van der Waals surface area contributed by atoms with E-state index in [-0.39, 0.29) is 6.03 Å². The van der Waals surface area contributed by atoms with Gasteiger partial charge in [-0.05, 0) is 44.3 Å². The van der Waals surface area contributed by atoms with E-state index in [4.69, 9.17) is 0 Å². The second kappa shape index (κ2) is 8.19. The second-order valence-electron chi connectivity index (χ2n) is 7.96. The van der Waals surface area contributed by atoms with Crippen LogP contribution in [0.15, 0.2) is 30.3 Å². The molecule has 0 spiro atoms. The summed E-state index contributed by atoms with van der Waals surface area (Å²) in [6.45, 7) is 4.96. The van der Waals surface area contributed by atoms with Crippen molar-refractivity contribution in [3.8, 4) is 0 Å². The zero-order chi connectivity index (χ0) is 17.8. The van der Waals surface area contributed by atoms with Crippen LogP contribution in [0.2, 0.25) is 0 Å². The number of carbonyl (C=O) groups is 1. The lowest BCUT2D eigenvalue weighted by Gasteiger charge is -2.26. The number of amides is 2.